The van der Waals surface area contributed by atoms with Crippen molar-refractivity contribution in [1.29, 1.82) is 0 Å². The van der Waals surface area contributed by atoms with E-state index in [1.807, 2.05) is 0 Å². The molecule has 0 amide bonds. The molecule has 0 radical (unpaired) electrons. The van der Waals surface area contributed by atoms with Gasteiger partial charge in [-0.2, -0.15) is 0 Å². The second-order valence-electron chi connectivity index (χ2n) is 3.25. The first-order valence-electron chi connectivity index (χ1n) is 4.59. The van der Waals surface area contributed by atoms with E-state index in [2.05, 4.69) is 20.9 Å². The number of rotatable bonds is 2. The summed E-state index contributed by atoms with van der Waals surface area (Å²) in [6, 6.07) is 4.20. The zero-order valence-corrected chi connectivity index (χ0v) is 10.8. The maximum atomic E-state index is 13.3. The van der Waals surface area contributed by atoms with Crippen LogP contribution in [0, 0.1) is 5.82 Å². The minimum Gasteiger partial charge on any atom is -0.454 e. The van der Waals surface area contributed by atoms with Crippen molar-refractivity contribution in [2.45, 2.75) is 0 Å². The lowest BCUT2D eigenvalue weighted by Gasteiger charge is -2.08. The first-order valence-corrected chi connectivity index (χ1v) is 5.76. The van der Waals surface area contributed by atoms with E-state index in [1.165, 1.54) is 24.5 Å². The number of nitrogen functional groups attached to an aromatic ring is 1. The van der Waals surface area contributed by atoms with Crippen LogP contribution in [0.2, 0.25) is 5.02 Å². The van der Waals surface area contributed by atoms with E-state index >= 15 is 0 Å². The summed E-state index contributed by atoms with van der Waals surface area (Å²) in [4.78, 5) is 3.86. The number of pyridine rings is 1. The second-order valence-corrected chi connectivity index (χ2v) is 4.51. The van der Waals surface area contributed by atoms with Crippen LogP contribution >= 0.6 is 27.5 Å². The SMILES string of the molecule is Nc1cncc(Oc2cc(F)c(Cl)cc2Br)c1. The Balaban J connectivity index is 2.33. The van der Waals surface area contributed by atoms with Crippen LogP contribution in [0.4, 0.5) is 10.1 Å². The Hall–Kier alpha value is -1.33. The molecule has 0 spiro atoms. The molecule has 0 aliphatic heterocycles. The van der Waals surface area contributed by atoms with Gasteiger partial charge in [-0.05, 0) is 22.0 Å². The van der Waals surface area contributed by atoms with Crippen molar-refractivity contribution >= 4 is 33.2 Å². The fourth-order valence-electron chi connectivity index (χ4n) is 1.20. The fraction of sp³-hybridized carbons (Fsp3) is 0. The van der Waals surface area contributed by atoms with E-state index in [4.69, 9.17) is 22.1 Å². The van der Waals surface area contributed by atoms with Crippen molar-refractivity contribution in [3.8, 4) is 11.5 Å². The minimum atomic E-state index is -0.554. The van der Waals surface area contributed by atoms with Crippen LogP contribution < -0.4 is 10.5 Å². The Kier molecular flexibility index (Phi) is 3.49. The lowest BCUT2D eigenvalue weighted by atomic mass is 10.3. The third-order valence-corrected chi connectivity index (χ3v) is 2.85. The molecule has 2 rings (SSSR count). The molecular formula is C11H7BrClFN2O. The van der Waals surface area contributed by atoms with Gasteiger partial charge in [-0.3, -0.25) is 4.98 Å². The molecule has 1 aromatic heterocycles. The summed E-state index contributed by atoms with van der Waals surface area (Å²) in [6.07, 6.45) is 2.97. The molecular weight excluding hydrogens is 310 g/mol. The van der Waals surface area contributed by atoms with Crippen molar-refractivity contribution in [3.05, 3.63) is 45.9 Å². The molecule has 0 aliphatic rings. The molecule has 1 heterocycles. The normalized spacial score (nSPS) is 10.3. The average Bonchev–Trinajstić information content (AvgIpc) is 2.26. The Morgan fingerprint density at radius 3 is 2.76 bits per heavy atom. The molecule has 0 saturated heterocycles. The Morgan fingerprint density at radius 2 is 2.06 bits per heavy atom. The lowest BCUT2D eigenvalue weighted by Crippen LogP contribution is -1.91. The Bertz CT molecular complexity index is 565. The highest BCUT2D eigenvalue weighted by Gasteiger charge is 2.09. The quantitative estimate of drug-likeness (QED) is 0.851. The predicted octanol–water partition coefficient (Wildman–Crippen LogP) is 4.01. The average molecular weight is 318 g/mol. The topological polar surface area (TPSA) is 48.1 Å². The van der Waals surface area contributed by atoms with Gasteiger partial charge in [-0.15, -0.1) is 0 Å². The monoisotopic (exact) mass is 316 g/mol. The highest BCUT2D eigenvalue weighted by atomic mass is 79.9. The number of halogens is 3. The summed E-state index contributed by atoms with van der Waals surface area (Å²) < 4.78 is 19.3. The molecule has 6 heteroatoms. The Labute approximate surface area is 110 Å². The van der Waals surface area contributed by atoms with Crippen LogP contribution in [-0.2, 0) is 0 Å². The predicted molar refractivity (Wildman–Crippen MR) is 67.8 cm³/mol. The standard InChI is InChI=1S/C11H7BrClFN2O/c12-8-2-9(13)10(14)3-11(8)17-7-1-6(15)4-16-5-7/h1-5H,15H2. The van der Waals surface area contributed by atoms with E-state index in [9.17, 15) is 4.39 Å². The summed E-state index contributed by atoms with van der Waals surface area (Å²) in [7, 11) is 0. The first-order chi connectivity index (χ1) is 8.06. The fourth-order valence-corrected chi connectivity index (χ4v) is 1.92. The van der Waals surface area contributed by atoms with Gasteiger partial charge in [0.1, 0.15) is 17.3 Å². The van der Waals surface area contributed by atoms with Crippen LogP contribution in [-0.4, -0.2) is 4.98 Å². The first kappa shape index (κ1) is 12.1. The van der Waals surface area contributed by atoms with Crippen LogP contribution in [0.1, 0.15) is 0 Å². The van der Waals surface area contributed by atoms with E-state index in [1.54, 1.807) is 6.07 Å². The van der Waals surface area contributed by atoms with Crippen molar-refractivity contribution < 1.29 is 9.13 Å². The largest absolute Gasteiger partial charge is 0.454 e. The van der Waals surface area contributed by atoms with E-state index in [0.29, 0.717) is 21.7 Å². The van der Waals surface area contributed by atoms with Crippen LogP contribution in [0.25, 0.3) is 0 Å². The highest BCUT2D eigenvalue weighted by Crippen LogP contribution is 2.33. The van der Waals surface area contributed by atoms with Gasteiger partial charge in [-0.1, -0.05) is 11.6 Å². The van der Waals surface area contributed by atoms with Crippen LogP contribution in [0.3, 0.4) is 0 Å². The summed E-state index contributed by atoms with van der Waals surface area (Å²) >= 11 is 8.85. The zero-order valence-electron chi connectivity index (χ0n) is 8.45. The molecule has 3 nitrogen and oxygen atoms in total. The molecule has 0 bridgehead atoms. The van der Waals surface area contributed by atoms with Gasteiger partial charge in [0.2, 0.25) is 0 Å². The molecule has 0 unspecified atom stereocenters. The summed E-state index contributed by atoms with van der Waals surface area (Å²) in [6.45, 7) is 0. The Morgan fingerprint density at radius 1 is 1.29 bits per heavy atom. The maximum Gasteiger partial charge on any atom is 0.147 e. The van der Waals surface area contributed by atoms with Crippen molar-refractivity contribution in [1.82, 2.24) is 4.98 Å². The van der Waals surface area contributed by atoms with Crippen molar-refractivity contribution in [2.24, 2.45) is 0 Å². The van der Waals surface area contributed by atoms with Gasteiger partial charge in [0, 0.05) is 12.1 Å². The van der Waals surface area contributed by atoms with Gasteiger partial charge in [0.25, 0.3) is 0 Å². The molecule has 0 aliphatic carbocycles. The second kappa shape index (κ2) is 4.89. The van der Waals surface area contributed by atoms with E-state index in [0.717, 1.165) is 0 Å². The van der Waals surface area contributed by atoms with Gasteiger partial charge >= 0.3 is 0 Å². The lowest BCUT2D eigenvalue weighted by molar-refractivity contribution is 0.472. The number of anilines is 1. The molecule has 17 heavy (non-hydrogen) atoms. The number of nitrogens with zero attached hydrogens (tertiary/aromatic N) is 1. The minimum absolute atomic E-state index is 0.0231. The maximum absolute atomic E-state index is 13.3. The van der Waals surface area contributed by atoms with Gasteiger partial charge < -0.3 is 10.5 Å². The van der Waals surface area contributed by atoms with Crippen LogP contribution in [0.5, 0.6) is 11.5 Å². The smallest absolute Gasteiger partial charge is 0.147 e. The third kappa shape index (κ3) is 2.87. The third-order valence-electron chi connectivity index (χ3n) is 1.94. The number of benzene rings is 1. The zero-order chi connectivity index (χ0) is 12.4. The number of hydrogen-bond acceptors (Lipinski definition) is 3. The van der Waals surface area contributed by atoms with Gasteiger partial charge in [0.15, 0.2) is 0 Å². The molecule has 88 valence electrons. The van der Waals surface area contributed by atoms with Crippen LogP contribution in [0.15, 0.2) is 35.1 Å². The van der Waals surface area contributed by atoms with Gasteiger partial charge in [-0.25, -0.2) is 4.39 Å². The van der Waals surface area contributed by atoms with Crippen molar-refractivity contribution in [3.63, 3.8) is 0 Å². The highest BCUT2D eigenvalue weighted by molar-refractivity contribution is 9.10. The number of nitrogens with two attached hydrogens (primary N) is 1. The molecule has 0 saturated carbocycles. The molecule has 0 atom stereocenters. The molecule has 1 aromatic carbocycles. The summed E-state index contributed by atoms with van der Waals surface area (Å²) in [5.74, 6) is 0.174. The number of aromatic nitrogens is 1. The summed E-state index contributed by atoms with van der Waals surface area (Å²) in [5, 5.41) is 0.0231. The molecule has 2 aromatic rings. The molecule has 2 N–H and O–H groups in total. The van der Waals surface area contributed by atoms with E-state index in [-0.39, 0.29) is 5.02 Å². The molecule has 0 fully saturated rings. The van der Waals surface area contributed by atoms with Gasteiger partial charge in [0.05, 0.1) is 27.6 Å². The number of hydrogen-bond donors (Lipinski definition) is 1. The number of ether oxygens (including phenoxy) is 1. The summed E-state index contributed by atoms with van der Waals surface area (Å²) in [5.41, 5.74) is 6.02. The van der Waals surface area contributed by atoms with E-state index < -0.39 is 5.82 Å². The van der Waals surface area contributed by atoms with Crippen molar-refractivity contribution in [2.75, 3.05) is 5.73 Å².